The minimum Gasteiger partial charge on any atom is -0.485 e. The first kappa shape index (κ1) is 14.5. The van der Waals surface area contributed by atoms with Crippen molar-refractivity contribution in [2.45, 2.75) is 6.92 Å². The number of carboxylic acid groups (broad SMARTS) is 1. The molecule has 2 aromatic rings. The summed E-state index contributed by atoms with van der Waals surface area (Å²) in [4.78, 5) is 26.2. The molecule has 7 heteroatoms. The maximum atomic E-state index is 11.8. The summed E-state index contributed by atoms with van der Waals surface area (Å²) in [5.41, 5.74) is 0.677. The van der Waals surface area contributed by atoms with Crippen LogP contribution in [0.5, 0.6) is 5.75 Å². The SMILES string of the molecule is Cc1cc(Cl)ccc1OCC(=O)c1nc(C(=O)O)cs1. The molecule has 0 amide bonds. The zero-order chi connectivity index (χ0) is 14.7. The number of rotatable bonds is 5. The van der Waals surface area contributed by atoms with Crippen LogP contribution in [0.15, 0.2) is 23.6 Å². The summed E-state index contributed by atoms with van der Waals surface area (Å²) >= 11 is 6.81. The number of carboxylic acids is 1. The molecule has 0 aliphatic rings. The molecule has 2 rings (SSSR count). The van der Waals surface area contributed by atoms with Crippen molar-refractivity contribution in [1.82, 2.24) is 4.98 Å². The summed E-state index contributed by atoms with van der Waals surface area (Å²) in [6, 6.07) is 5.07. The third-order valence-electron chi connectivity index (χ3n) is 2.46. The molecular formula is C13H10ClNO4S. The third-order valence-corrected chi connectivity index (χ3v) is 3.58. The lowest BCUT2D eigenvalue weighted by atomic mass is 10.2. The van der Waals surface area contributed by atoms with Crippen molar-refractivity contribution in [3.63, 3.8) is 0 Å². The first-order chi connectivity index (χ1) is 9.47. The molecular weight excluding hydrogens is 302 g/mol. The topological polar surface area (TPSA) is 76.5 Å². The molecule has 1 heterocycles. The summed E-state index contributed by atoms with van der Waals surface area (Å²) in [5, 5.41) is 10.8. The van der Waals surface area contributed by atoms with Crippen LogP contribution in [0.3, 0.4) is 0 Å². The van der Waals surface area contributed by atoms with Crippen LogP contribution in [0.2, 0.25) is 5.02 Å². The fourth-order valence-corrected chi connectivity index (χ4v) is 2.42. The van der Waals surface area contributed by atoms with Gasteiger partial charge < -0.3 is 9.84 Å². The largest absolute Gasteiger partial charge is 0.485 e. The number of Topliss-reactive ketones (excluding diaryl/α,β-unsaturated/α-hetero) is 1. The summed E-state index contributed by atoms with van der Waals surface area (Å²) in [7, 11) is 0. The molecule has 0 bridgehead atoms. The Kier molecular flexibility index (Phi) is 4.36. The minimum absolute atomic E-state index is 0.119. The third kappa shape index (κ3) is 3.34. The van der Waals surface area contributed by atoms with Gasteiger partial charge in [0.05, 0.1) is 0 Å². The van der Waals surface area contributed by atoms with Crippen molar-refractivity contribution in [3.8, 4) is 5.75 Å². The highest BCUT2D eigenvalue weighted by atomic mass is 35.5. The lowest BCUT2D eigenvalue weighted by molar-refractivity contribution is 0.0691. The summed E-state index contributed by atoms with van der Waals surface area (Å²) in [6.07, 6.45) is 0. The van der Waals surface area contributed by atoms with Gasteiger partial charge in [-0.15, -0.1) is 11.3 Å². The van der Waals surface area contributed by atoms with Gasteiger partial charge in [-0.1, -0.05) is 11.6 Å². The molecule has 0 fully saturated rings. The lowest BCUT2D eigenvalue weighted by Gasteiger charge is -2.07. The number of hydrogen-bond acceptors (Lipinski definition) is 5. The standard InChI is InChI=1S/C13H10ClNO4S/c1-7-4-8(14)2-3-11(7)19-5-10(16)12-15-9(6-20-12)13(17)18/h2-4,6H,5H2,1H3,(H,17,18). The second-order valence-electron chi connectivity index (χ2n) is 3.96. The molecule has 0 saturated heterocycles. The predicted octanol–water partition coefficient (Wildman–Crippen LogP) is 3.06. The van der Waals surface area contributed by atoms with Crippen LogP contribution in [0.4, 0.5) is 0 Å². The molecule has 1 N–H and O–H groups in total. The number of benzene rings is 1. The van der Waals surface area contributed by atoms with Crippen LogP contribution in [-0.2, 0) is 0 Å². The van der Waals surface area contributed by atoms with E-state index in [1.165, 1.54) is 5.38 Å². The number of carbonyl (C=O) groups excluding carboxylic acids is 1. The van der Waals surface area contributed by atoms with E-state index < -0.39 is 5.97 Å². The average Bonchev–Trinajstić information content (AvgIpc) is 2.87. The number of aromatic nitrogens is 1. The van der Waals surface area contributed by atoms with E-state index in [4.69, 9.17) is 21.4 Å². The normalized spacial score (nSPS) is 10.3. The number of ether oxygens (including phenoxy) is 1. The Labute approximate surface area is 123 Å². The second kappa shape index (κ2) is 6.02. The van der Waals surface area contributed by atoms with Crippen molar-refractivity contribution in [1.29, 1.82) is 0 Å². The van der Waals surface area contributed by atoms with Gasteiger partial charge in [0.25, 0.3) is 0 Å². The van der Waals surface area contributed by atoms with Crippen LogP contribution < -0.4 is 4.74 Å². The molecule has 0 saturated carbocycles. The van der Waals surface area contributed by atoms with E-state index >= 15 is 0 Å². The number of hydrogen-bond donors (Lipinski definition) is 1. The lowest BCUT2D eigenvalue weighted by Crippen LogP contribution is -2.12. The van der Waals surface area contributed by atoms with Gasteiger partial charge in [0, 0.05) is 10.4 Å². The molecule has 104 valence electrons. The van der Waals surface area contributed by atoms with Gasteiger partial charge in [-0.25, -0.2) is 9.78 Å². The summed E-state index contributed by atoms with van der Waals surface area (Å²) < 4.78 is 5.39. The number of nitrogens with zero attached hydrogens (tertiary/aromatic N) is 1. The van der Waals surface area contributed by atoms with Crippen LogP contribution in [-0.4, -0.2) is 28.4 Å². The monoisotopic (exact) mass is 311 g/mol. The van der Waals surface area contributed by atoms with Crippen molar-refractivity contribution in [3.05, 3.63) is 44.9 Å². The highest BCUT2D eigenvalue weighted by molar-refractivity contribution is 7.12. The first-order valence-electron chi connectivity index (χ1n) is 5.58. The Morgan fingerprint density at radius 1 is 1.45 bits per heavy atom. The average molecular weight is 312 g/mol. The van der Waals surface area contributed by atoms with E-state index in [0.29, 0.717) is 10.8 Å². The van der Waals surface area contributed by atoms with E-state index in [1.807, 2.05) is 6.92 Å². The number of thiazole rings is 1. The van der Waals surface area contributed by atoms with E-state index in [1.54, 1.807) is 18.2 Å². The predicted molar refractivity (Wildman–Crippen MR) is 75.1 cm³/mol. The van der Waals surface area contributed by atoms with E-state index in [-0.39, 0.29) is 23.1 Å². The number of carbonyl (C=O) groups is 2. The summed E-state index contributed by atoms with van der Waals surface area (Å²) in [5.74, 6) is -0.968. The van der Waals surface area contributed by atoms with Crippen molar-refractivity contribution in [2.75, 3.05) is 6.61 Å². The molecule has 0 aliphatic carbocycles. The molecule has 20 heavy (non-hydrogen) atoms. The van der Waals surface area contributed by atoms with Gasteiger partial charge in [-0.3, -0.25) is 4.79 Å². The van der Waals surface area contributed by atoms with Crippen molar-refractivity contribution < 1.29 is 19.4 Å². The fourth-order valence-electron chi connectivity index (χ4n) is 1.48. The minimum atomic E-state index is -1.16. The number of aryl methyl sites for hydroxylation is 1. The Morgan fingerprint density at radius 2 is 2.20 bits per heavy atom. The maximum Gasteiger partial charge on any atom is 0.355 e. The van der Waals surface area contributed by atoms with Crippen LogP contribution in [0, 0.1) is 6.92 Å². The van der Waals surface area contributed by atoms with E-state index in [9.17, 15) is 9.59 Å². The van der Waals surface area contributed by atoms with Crippen molar-refractivity contribution >= 4 is 34.7 Å². The molecule has 0 unspecified atom stereocenters. The first-order valence-corrected chi connectivity index (χ1v) is 6.84. The number of aromatic carboxylic acids is 1. The fraction of sp³-hybridized carbons (Fsp3) is 0.154. The molecule has 5 nitrogen and oxygen atoms in total. The molecule has 0 spiro atoms. The molecule has 1 aromatic carbocycles. The Morgan fingerprint density at radius 3 is 2.80 bits per heavy atom. The Bertz CT molecular complexity index is 668. The molecule has 0 aliphatic heterocycles. The van der Waals surface area contributed by atoms with Crippen LogP contribution in [0.25, 0.3) is 0 Å². The van der Waals surface area contributed by atoms with Crippen LogP contribution >= 0.6 is 22.9 Å². The quantitative estimate of drug-likeness (QED) is 0.859. The number of ketones is 1. The smallest absolute Gasteiger partial charge is 0.355 e. The van der Waals surface area contributed by atoms with Gasteiger partial charge in [0.2, 0.25) is 5.78 Å². The van der Waals surface area contributed by atoms with Gasteiger partial charge in [-0.05, 0) is 30.7 Å². The highest BCUT2D eigenvalue weighted by Crippen LogP contribution is 2.22. The maximum absolute atomic E-state index is 11.8. The number of halogens is 1. The van der Waals surface area contributed by atoms with Crippen molar-refractivity contribution in [2.24, 2.45) is 0 Å². The molecule has 0 atom stereocenters. The van der Waals surface area contributed by atoms with E-state index in [2.05, 4.69) is 4.98 Å². The van der Waals surface area contributed by atoms with Gasteiger partial charge in [-0.2, -0.15) is 0 Å². The molecule has 0 radical (unpaired) electrons. The molecule has 1 aromatic heterocycles. The Balaban J connectivity index is 2.02. The second-order valence-corrected chi connectivity index (χ2v) is 5.26. The van der Waals surface area contributed by atoms with Gasteiger partial charge in [0.15, 0.2) is 17.3 Å². The van der Waals surface area contributed by atoms with Gasteiger partial charge >= 0.3 is 5.97 Å². The highest BCUT2D eigenvalue weighted by Gasteiger charge is 2.15. The zero-order valence-corrected chi connectivity index (χ0v) is 12.0. The summed E-state index contributed by atoms with van der Waals surface area (Å²) in [6.45, 7) is 1.62. The van der Waals surface area contributed by atoms with E-state index in [0.717, 1.165) is 16.9 Å². The van der Waals surface area contributed by atoms with Crippen LogP contribution in [0.1, 0.15) is 25.9 Å². The van der Waals surface area contributed by atoms with Gasteiger partial charge in [0.1, 0.15) is 5.75 Å². The zero-order valence-electron chi connectivity index (χ0n) is 10.4. The Hall–Kier alpha value is -1.92.